The number of hydrogen-bond donors (Lipinski definition) is 3. The van der Waals surface area contributed by atoms with Crippen molar-refractivity contribution in [1.82, 2.24) is 10.6 Å². The number of amides is 2. The van der Waals surface area contributed by atoms with Gasteiger partial charge in [-0.25, -0.2) is 4.79 Å². The highest BCUT2D eigenvalue weighted by Gasteiger charge is 2.18. The molecule has 7 heteroatoms. The molecule has 0 spiro atoms. The van der Waals surface area contributed by atoms with Crippen LogP contribution in [0.25, 0.3) is 0 Å². The van der Waals surface area contributed by atoms with Crippen molar-refractivity contribution in [2.75, 3.05) is 11.5 Å². The Morgan fingerprint density at radius 1 is 1.24 bits per heavy atom. The Balaban J connectivity index is 2.26. The van der Waals surface area contributed by atoms with Crippen LogP contribution in [0, 0.1) is 0 Å². The SMILES string of the molecule is CC(=O)N[C@@H](CSCC(=O)NCc1ccccc1)C(=O)O. The third-order valence-electron chi connectivity index (χ3n) is 2.53. The second kappa shape index (κ2) is 9.02. The topological polar surface area (TPSA) is 95.5 Å². The molecule has 0 heterocycles. The number of thioether (sulfide) groups is 1. The number of hydrogen-bond acceptors (Lipinski definition) is 4. The highest BCUT2D eigenvalue weighted by Crippen LogP contribution is 2.04. The van der Waals surface area contributed by atoms with Crippen LogP contribution in [0.15, 0.2) is 30.3 Å². The highest BCUT2D eigenvalue weighted by molar-refractivity contribution is 8.00. The van der Waals surface area contributed by atoms with Crippen molar-refractivity contribution in [3.63, 3.8) is 0 Å². The quantitative estimate of drug-likeness (QED) is 0.654. The number of benzene rings is 1. The summed E-state index contributed by atoms with van der Waals surface area (Å²) in [5, 5.41) is 14.0. The minimum absolute atomic E-state index is 0.146. The molecule has 2 amide bonds. The van der Waals surface area contributed by atoms with Gasteiger partial charge in [0.1, 0.15) is 6.04 Å². The van der Waals surface area contributed by atoms with E-state index in [2.05, 4.69) is 10.6 Å². The van der Waals surface area contributed by atoms with E-state index < -0.39 is 17.9 Å². The van der Waals surface area contributed by atoms with Crippen molar-refractivity contribution in [3.8, 4) is 0 Å². The number of rotatable bonds is 8. The van der Waals surface area contributed by atoms with Crippen molar-refractivity contribution in [2.24, 2.45) is 0 Å². The van der Waals surface area contributed by atoms with Crippen LogP contribution in [0.4, 0.5) is 0 Å². The van der Waals surface area contributed by atoms with Gasteiger partial charge in [0, 0.05) is 19.2 Å². The zero-order valence-corrected chi connectivity index (χ0v) is 12.5. The fourth-order valence-electron chi connectivity index (χ4n) is 1.54. The number of carbonyl (C=O) groups excluding carboxylic acids is 2. The molecular weight excluding hydrogens is 292 g/mol. The van der Waals surface area contributed by atoms with Gasteiger partial charge in [-0.05, 0) is 5.56 Å². The molecule has 0 bridgehead atoms. The third-order valence-corrected chi connectivity index (χ3v) is 3.56. The first-order valence-corrected chi connectivity index (χ1v) is 7.52. The lowest BCUT2D eigenvalue weighted by molar-refractivity contribution is -0.140. The zero-order chi connectivity index (χ0) is 15.7. The molecule has 0 aliphatic rings. The van der Waals surface area contributed by atoms with Gasteiger partial charge in [-0.2, -0.15) is 0 Å². The van der Waals surface area contributed by atoms with E-state index in [4.69, 9.17) is 5.11 Å². The van der Waals surface area contributed by atoms with Crippen LogP contribution in [-0.2, 0) is 20.9 Å². The molecule has 3 N–H and O–H groups in total. The van der Waals surface area contributed by atoms with E-state index in [9.17, 15) is 14.4 Å². The lowest BCUT2D eigenvalue weighted by Crippen LogP contribution is -2.41. The van der Waals surface area contributed by atoms with Crippen molar-refractivity contribution >= 4 is 29.5 Å². The maximum absolute atomic E-state index is 11.6. The molecule has 0 aliphatic heterocycles. The molecule has 0 saturated heterocycles. The predicted octanol–water partition coefficient (Wildman–Crippen LogP) is 0.625. The van der Waals surface area contributed by atoms with Gasteiger partial charge in [-0.1, -0.05) is 30.3 Å². The van der Waals surface area contributed by atoms with Gasteiger partial charge in [0.15, 0.2) is 0 Å². The lowest BCUT2D eigenvalue weighted by atomic mass is 10.2. The Hall–Kier alpha value is -2.02. The summed E-state index contributed by atoms with van der Waals surface area (Å²) in [6, 6.07) is 8.52. The van der Waals surface area contributed by atoms with E-state index in [1.807, 2.05) is 30.3 Å². The maximum Gasteiger partial charge on any atom is 0.327 e. The monoisotopic (exact) mass is 310 g/mol. The van der Waals surface area contributed by atoms with Crippen LogP contribution >= 0.6 is 11.8 Å². The summed E-state index contributed by atoms with van der Waals surface area (Å²) in [5.41, 5.74) is 0.998. The number of aliphatic carboxylic acids is 1. The summed E-state index contributed by atoms with van der Waals surface area (Å²) in [5.74, 6) is -1.39. The Kier molecular flexibility index (Phi) is 7.31. The smallest absolute Gasteiger partial charge is 0.327 e. The van der Waals surface area contributed by atoms with Gasteiger partial charge in [-0.3, -0.25) is 9.59 Å². The second-order valence-electron chi connectivity index (χ2n) is 4.37. The number of carbonyl (C=O) groups is 3. The Labute approximate surface area is 127 Å². The second-order valence-corrected chi connectivity index (χ2v) is 5.40. The molecule has 1 aromatic carbocycles. The van der Waals surface area contributed by atoms with Crippen LogP contribution in [0.5, 0.6) is 0 Å². The summed E-state index contributed by atoms with van der Waals surface area (Å²) in [6.45, 7) is 1.70. The van der Waals surface area contributed by atoms with Crippen molar-refractivity contribution in [3.05, 3.63) is 35.9 Å². The fourth-order valence-corrected chi connectivity index (χ4v) is 2.40. The normalized spacial score (nSPS) is 11.5. The third kappa shape index (κ3) is 7.36. The van der Waals surface area contributed by atoms with Gasteiger partial charge in [-0.15, -0.1) is 11.8 Å². The molecule has 1 atom stereocenters. The maximum atomic E-state index is 11.6. The van der Waals surface area contributed by atoms with Gasteiger partial charge >= 0.3 is 5.97 Å². The minimum atomic E-state index is -1.11. The lowest BCUT2D eigenvalue weighted by Gasteiger charge is -2.12. The van der Waals surface area contributed by atoms with E-state index >= 15 is 0 Å². The minimum Gasteiger partial charge on any atom is -0.480 e. The molecular formula is C14H18N2O4S. The van der Waals surface area contributed by atoms with Gasteiger partial charge < -0.3 is 15.7 Å². The summed E-state index contributed by atoms with van der Waals surface area (Å²) in [6.07, 6.45) is 0. The number of carboxylic acids is 1. The van der Waals surface area contributed by atoms with Gasteiger partial charge in [0.05, 0.1) is 5.75 Å². The van der Waals surface area contributed by atoms with Crippen molar-refractivity contribution in [1.29, 1.82) is 0 Å². The van der Waals surface area contributed by atoms with Crippen LogP contribution in [0.1, 0.15) is 12.5 Å². The zero-order valence-electron chi connectivity index (χ0n) is 11.7. The van der Waals surface area contributed by atoms with Gasteiger partial charge in [0.2, 0.25) is 11.8 Å². The number of nitrogens with one attached hydrogen (secondary N) is 2. The summed E-state index contributed by atoms with van der Waals surface area (Å²) < 4.78 is 0. The average molecular weight is 310 g/mol. The molecule has 1 aromatic rings. The summed E-state index contributed by atoms with van der Waals surface area (Å²) in [7, 11) is 0. The highest BCUT2D eigenvalue weighted by atomic mass is 32.2. The molecule has 114 valence electrons. The molecule has 0 unspecified atom stereocenters. The first-order chi connectivity index (χ1) is 9.99. The first kappa shape index (κ1) is 17.0. The van der Waals surface area contributed by atoms with Crippen LogP contribution < -0.4 is 10.6 Å². The van der Waals surface area contributed by atoms with Crippen LogP contribution in [-0.4, -0.2) is 40.4 Å². The molecule has 6 nitrogen and oxygen atoms in total. The van der Waals surface area contributed by atoms with E-state index in [1.165, 1.54) is 18.7 Å². The van der Waals surface area contributed by atoms with E-state index in [0.29, 0.717) is 6.54 Å². The fraction of sp³-hybridized carbons (Fsp3) is 0.357. The molecule has 0 fully saturated rings. The molecule has 0 aliphatic carbocycles. The largest absolute Gasteiger partial charge is 0.480 e. The molecule has 0 radical (unpaired) electrons. The van der Waals surface area contributed by atoms with E-state index in [0.717, 1.165) is 5.56 Å². The first-order valence-electron chi connectivity index (χ1n) is 6.37. The summed E-state index contributed by atoms with van der Waals surface area (Å²) >= 11 is 1.17. The number of carboxylic acid groups (broad SMARTS) is 1. The summed E-state index contributed by atoms with van der Waals surface area (Å²) in [4.78, 5) is 33.4. The van der Waals surface area contributed by atoms with Crippen molar-refractivity contribution < 1.29 is 19.5 Å². The van der Waals surface area contributed by atoms with E-state index in [-0.39, 0.29) is 17.4 Å². The molecule has 0 aromatic heterocycles. The van der Waals surface area contributed by atoms with Crippen LogP contribution in [0.3, 0.4) is 0 Å². The van der Waals surface area contributed by atoms with Crippen LogP contribution in [0.2, 0.25) is 0 Å². The molecule has 0 saturated carbocycles. The Bertz CT molecular complexity index is 493. The Morgan fingerprint density at radius 2 is 1.90 bits per heavy atom. The average Bonchev–Trinajstić information content (AvgIpc) is 2.44. The molecule has 21 heavy (non-hydrogen) atoms. The Morgan fingerprint density at radius 3 is 2.48 bits per heavy atom. The van der Waals surface area contributed by atoms with Crippen molar-refractivity contribution in [2.45, 2.75) is 19.5 Å². The predicted molar refractivity (Wildman–Crippen MR) is 80.9 cm³/mol. The van der Waals surface area contributed by atoms with Gasteiger partial charge in [0.25, 0.3) is 0 Å². The molecule has 1 rings (SSSR count). The standard InChI is InChI=1S/C14H18N2O4S/c1-10(17)16-12(14(19)20)8-21-9-13(18)15-7-11-5-3-2-4-6-11/h2-6,12H,7-9H2,1H3,(H,15,18)(H,16,17)(H,19,20)/t12-/m0/s1. The van der Waals surface area contributed by atoms with E-state index in [1.54, 1.807) is 0 Å².